The minimum Gasteiger partial charge on any atom is -0.456 e. The molecule has 0 bridgehead atoms. The van der Waals surface area contributed by atoms with E-state index in [0.717, 1.165) is 12.1 Å². The van der Waals surface area contributed by atoms with Crippen LogP contribution in [-0.4, -0.2) is 24.8 Å². The average Bonchev–Trinajstić information content (AvgIpc) is 2.25. The number of hydrogen-bond acceptors (Lipinski definition) is 3. The summed E-state index contributed by atoms with van der Waals surface area (Å²) in [5.41, 5.74) is -2.44. The van der Waals surface area contributed by atoms with Crippen LogP contribution in [0.5, 0.6) is 0 Å². The first kappa shape index (κ1) is 20.9. The molecule has 0 aliphatic rings. The SMILES string of the molecule is Cc1c(C(=O)OC(C)(C)C)cc(C=O)cc1[B-](F)(F)F.[K+]. The van der Waals surface area contributed by atoms with Gasteiger partial charge in [-0.15, -0.1) is 5.46 Å². The fourth-order valence-electron chi connectivity index (χ4n) is 1.71. The summed E-state index contributed by atoms with van der Waals surface area (Å²) in [5, 5.41) is 0. The summed E-state index contributed by atoms with van der Waals surface area (Å²) >= 11 is 0. The summed E-state index contributed by atoms with van der Waals surface area (Å²) < 4.78 is 43.9. The third kappa shape index (κ3) is 5.86. The number of esters is 1. The van der Waals surface area contributed by atoms with Gasteiger partial charge in [0.05, 0.1) is 5.56 Å². The smallest absolute Gasteiger partial charge is 0.456 e. The number of carbonyl (C=O) groups is 2. The molecule has 0 spiro atoms. The first-order chi connectivity index (χ1) is 8.95. The minimum atomic E-state index is -5.31. The van der Waals surface area contributed by atoms with Crippen molar-refractivity contribution < 1.29 is 78.7 Å². The van der Waals surface area contributed by atoms with Gasteiger partial charge < -0.3 is 17.7 Å². The van der Waals surface area contributed by atoms with E-state index >= 15 is 0 Å². The summed E-state index contributed by atoms with van der Waals surface area (Å²) in [5.74, 6) is -0.875. The molecule has 8 heteroatoms. The Hall–Kier alpha value is -0.149. The number of halogens is 3. The van der Waals surface area contributed by atoms with Gasteiger partial charge in [0.15, 0.2) is 0 Å². The van der Waals surface area contributed by atoms with Crippen molar-refractivity contribution in [1.82, 2.24) is 0 Å². The Labute approximate surface area is 164 Å². The van der Waals surface area contributed by atoms with Gasteiger partial charge >= 0.3 is 64.3 Å². The standard InChI is InChI=1S/C13H15BF3O3.K/c1-8-10(12(19)20-13(2,3)4)5-9(7-18)6-11(8)14(15,16)17;/h5-7H,1-4H3;/q-1;+1. The number of ether oxygens (including phenoxy) is 1. The van der Waals surface area contributed by atoms with Crippen LogP contribution in [0.2, 0.25) is 0 Å². The van der Waals surface area contributed by atoms with Gasteiger partial charge in [-0.25, -0.2) is 4.79 Å². The predicted octanol–water partition coefficient (Wildman–Crippen LogP) is -0.179. The van der Waals surface area contributed by atoms with Gasteiger partial charge in [0, 0.05) is 5.56 Å². The zero-order chi connectivity index (χ0) is 15.7. The molecule has 0 radical (unpaired) electrons. The number of rotatable bonds is 3. The fourth-order valence-corrected chi connectivity index (χ4v) is 1.71. The van der Waals surface area contributed by atoms with Gasteiger partial charge in [0.25, 0.3) is 0 Å². The van der Waals surface area contributed by atoms with Gasteiger partial charge in [0.2, 0.25) is 0 Å². The molecule has 0 fully saturated rings. The number of aldehydes is 1. The molecule has 0 amide bonds. The second kappa shape index (κ2) is 7.41. The van der Waals surface area contributed by atoms with E-state index in [1.807, 2.05) is 0 Å². The molecule has 0 saturated carbocycles. The molecule has 0 unspecified atom stereocenters. The van der Waals surface area contributed by atoms with Crippen molar-refractivity contribution >= 4 is 24.7 Å². The van der Waals surface area contributed by atoms with Gasteiger partial charge in [-0.2, -0.15) is 0 Å². The maximum Gasteiger partial charge on any atom is 1.00 e. The topological polar surface area (TPSA) is 43.4 Å². The molecular formula is C13H15BF3KO3. The third-order valence-electron chi connectivity index (χ3n) is 2.58. The van der Waals surface area contributed by atoms with Crippen LogP contribution in [0.15, 0.2) is 12.1 Å². The molecule has 3 nitrogen and oxygen atoms in total. The van der Waals surface area contributed by atoms with E-state index in [9.17, 15) is 22.5 Å². The zero-order valence-electron chi connectivity index (χ0n) is 12.7. The Balaban J connectivity index is 0.00000400. The second-order valence-electron chi connectivity index (χ2n) is 5.48. The molecule has 1 rings (SSSR count). The Bertz CT molecular complexity index is 551. The van der Waals surface area contributed by atoms with Crippen molar-refractivity contribution in [2.45, 2.75) is 33.3 Å². The number of carbonyl (C=O) groups excluding carboxylic acids is 2. The van der Waals surface area contributed by atoms with Crippen molar-refractivity contribution in [2.75, 3.05) is 0 Å². The summed E-state index contributed by atoms with van der Waals surface area (Å²) in [6.07, 6.45) is 0.276. The monoisotopic (exact) mass is 326 g/mol. The van der Waals surface area contributed by atoms with Gasteiger partial charge in [-0.1, -0.05) is 11.6 Å². The minimum absolute atomic E-state index is 0. The predicted molar refractivity (Wildman–Crippen MR) is 70.4 cm³/mol. The summed E-state index contributed by atoms with van der Waals surface area (Å²) in [4.78, 5) is 22.7. The van der Waals surface area contributed by atoms with Crippen LogP contribution in [0.4, 0.5) is 12.9 Å². The molecule has 110 valence electrons. The third-order valence-corrected chi connectivity index (χ3v) is 2.58. The van der Waals surface area contributed by atoms with Crippen molar-refractivity contribution in [3.63, 3.8) is 0 Å². The summed E-state index contributed by atoms with van der Waals surface area (Å²) in [6.45, 7) is 0.712. The van der Waals surface area contributed by atoms with Crippen molar-refractivity contribution in [1.29, 1.82) is 0 Å². The van der Waals surface area contributed by atoms with Crippen molar-refractivity contribution in [3.8, 4) is 0 Å². The molecule has 21 heavy (non-hydrogen) atoms. The van der Waals surface area contributed by atoms with Crippen LogP contribution in [-0.2, 0) is 4.74 Å². The van der Waals surface area contributed by atoms with E-state index in [1.165, 1.54) is 6.92 Å². The molecule has 1 aromatic rings. The van der Waals surface area contributed by atoms with Gasteiger partial charge in [0.1, 0.15) is 11.9 Å². The Morgan fingerprint density at radius 1 is 1.24 bits per heavy atom. The van der Waals surface area contributed by atoms with E-state index < -0.39 is 24.0 Å². The van der Waals surface area contributed by atoms with E-state index in [0.29, 0.717) is 0 Å². The van der Waals surface area contributed by atoms with Crippen LogP contribution in [0, 0.1) is 6.92 Å². The molecule has 0 saturated heterocycles. The maximum atomic E-state index is 12.9. The molecule has 0 aromatic heterocycles. The average molecular weight is 326 g/mol. The Morgan fingerprint density at radius 2 is 1.76 bits per heavy atom. The molecule has 0 atom stereocenters. The van der Waals surface area contributed by atoms with Crippen LogP contribution in [0.25, 0.3) is 0 Å². The number of benzene rings is 1. The van der Waals surface area contributed by atoms with Crippen LogP contribution < -0.4 is 56.8 Å². The van der Waals surface area contributed by atoms with E-state index in [-0.39, 0.29) is 74.4 Å². The van der Waals surface area contributed by atoms with Gasteiger partial charge in [-0.05, 0) is 33.8 Å². The van der Waals surface area contributed by atoms with E-state index in [2.05, 4.69) is 0 Å². The maximum absolute atomic E-state index is 12.9. The normalized spacial score (nSPS) is 11.6. The molecule has 1 aromatic carbocycles. The zero-order valence-corrected chi connectivity index (χ0v) is 15.8. The fraction of sp³-hybridized carbons (Fsp3) is 0.385. The first-order valence-electron chi connectivity index (χ1n) is 5.98. The van der Waals surface area contributed by atoms with Crippen LogP contribution >= 0.6 is 0 Å². The molecule has 0 N–H and O–H groups in total. The van der Waals surface area contributed by atoms with Crippen molar-refractivity contribution in [2.24, 2.45) is 0 Å². The molecular weight excluding hydrogens is 311 g/mol. The van der Waals surface area contributed by atoms with Crippen molar-refractivity contribution in [3.05, 3.63) is 28.8 Å². The van der Waals surface area contributed by atoms with Crippen LogP contribution in [0.1, 0.15) is 47.1 Å². The molecule has 0 heterocycles. The molecule has 0 aliphatic carbocycles. The largest absolute Gasteiger partial charge is 1.00 e. The van der Waals surface area contributed by atoms with E-state index in [4.69, 9.17) is 4.74 Å². The van der Waals surface area contributed by atoms with E-state index in [1.54, 1.807) is 20.8 Å². The Morgan fingerprint density at radius 3 is 2.14 bits per heavy atom. The van der Waals surface area contributed by atoms with Crippen LogP contribution in [0.3, 0.4) is 0 Å². The summed E-state index contributed by atoms with van der Waals surface area (Å²) in [6, 6.07) is 1.86. The Kier molecular flexibility index (Phi) is 7.36. The van der Waals surface area contributed by atoms with Gasteiger partial charge in [-0.3, -0.25) is 4.79 Å². The molecule has 0 aliphatic heterocycles. The quantitative estimate of drug-likeness (QED) is 0.440. The first-order valence-corrected chi connectivity index (χ1v) is 5.98. The summed E-state index contributed by atoms with van der Waals surface area (Å²) in [7, 11) is 0. The second-order valence-corrected chi connectivity index (χ2v) is 5.48. The number of hydrogen-bond donors (Lipinski definition) is 0.